The van der Waals surface area contributed by atoms with Crippen LogP contribution in [0.2, 0.25) is 0 Å². The number of nitrogens with one attached hydrogen (secondary N) is 3. The van der Waals surface area contributed by atoms with Gasteiger partial charge in [0, 0.05) is 72.4 Å². The first-order valence-corrected chi connectivity index (χ1v) is 24.5. The minimum atomic E-state index is -1.16. The first-order chi connectivity index (χ1) is 32.3. The number of urea groups is 1. The number of amides is 7. The Balaban J connectivity index is 1.62. The highest BCUT2D eigenvalue weighted by molar-refractivity contribution is 5.90. The van der Waals surface area contributed by atoms with Crippen LogP contribution in [0, 0.1) is 17.8 Å². The molecule has 0 aromatic heterocycles. The van der Waals surface area contributed by atoms with Crippen LogP contribution >= 0.6 is 0 Å². The zero-order chi connectivity index (χ0) is 50.7. The summed E-state index contributed by atoms with van der Waals surface area (Å²) in [5, 5.41) is 28.4. The van der Waals surface area contributed by atoms with E-state index in [1.807, 2.05) is 59.7 Å². The summed E-state index contributed by atoms with van der Waals surface area (Å²) in [5.41, 5.74) is 0.768. The van der Waals surface area contributed by atoms with E-state index in [1.54, 1.807) is 40.8 Å². The van der Waals surface area contributed by atoms with Crippen molar-refractivity contribution in [3.63, 3.8) is 0 Å². The number of nitrogens with zero attached hydrogens (tertiary/aromatic N) is 4. The fraction of sp³-hybridized carbons (Fsp3) is 0.700. The fourth-order valence-electron chi connectivity index (χ4n) is 9.25. The number of carbonyl (C=O) groups is 7. The number of hydrogen-bond acceptors (Lipinski definition) is 10. The minimum Gasteiger partial charge on any atom is -0.480 e. The van der Waals surface area contributed by atoms with Gasteiger partial charge in [0.25, 0.3) is 0 Å². The summed E-state index contributed by atoms with van der Waals surface area (Å²) < 4.78 is 11.9. The third kappa shape index (κ3) is 16.6. The molecule has 1 aromatic rings. The van der Waals surface area contributed by atoms with Gasteiger partial charge in [-0.3, -0.25) is 24.0 Å². The lowest BCUT2D eigenvalue weighted by Gasteiger charge is -2.41. The summed E-state index contributed by atoms with van der Waals surface area (Å²) in [4.78, 5) is 99.1. The van der Waals surface area contributed by atoms with Gasteiger partial charge < -0.3 is 55.2 Å². The Morgan fingerprint density at radius 3 is 2.19 bits per heavy atom. The van der Waals surface area contributed by atoms with Crippen molar-refractivity contribution in [1.82, 2.24) is 35.6 Å². The Hall–Kier alpha value is -5.07. The van der Waals surface area contributed by atoms with E-state index in [0.717, 1.165) is 12.0 Å². The summed E-state index contributed by atoms with van der Waals surface area (Å²) in [6.07, 6.45) is 5.30. The maximum absolute atomic E-state index is 14.5. The van der Waals surface area contributed by atoms with Crippen LogP contribution in [0.3, 0.4) is 0 Å². The van der Waals surface area contributed by atoms with E-state index in [9.17, 15) is 43.8 Å². The fourth-order valence-corrected chi connectivity index (χ4v) is 9.25. The van der Waals surface area contributed by atoms with Gasteiger partial charge in [-0.15, -0.1) is 0 Å². The molecule has 2 aliphatic rings. The molecule has 3 rings (SSSR count). The zero-order valence-electron chi connectivity index (χ0n) is 42.1. The summed E-state index contributed by atoms with van der Waals surface area (Å²) in [6, 6.07) is 5.37. The highest BCUT2D eigenvalue weighted by atomic mass is 16.5. The average molecular weight is 956 g/mol. The summed E-state index contributed by atoms with van der Waals surface area (Å²) >= 11 is 0. The molecule has 1 fully saturated rings. The number of hydrogen-bond donors (Lipinski definition) is 5. The largest absolute Gasteiger partial charge is 0.480 e. The number of aliphatic hydroxyl groups is 1. The summed E-state index contributed by atoms with van der Waals surface area (Å²) in [5.74, 6) is -3.71. The van der Waals surface area contributed by atoms with Gasteiger partial charge in [0.15, 0.2) is 0 Å². The first kappa shape index (κ1) is 57.2. The number of carboxylic acid groups (broad SMARTS) is 1. The molecule has 68 heavy (non-hydrogen) atoms. The molecule has 1 aromatic carbocycles. The lowest BCUT2D eigenvalue weighted by Crippen LogP contribution is -2.59. The molecule has 18 nitrogen and oxygen atoms in total. The average Bonchev–Trinajstić information content (AvgIpc) is 3.92. The van der Waals surface area contributed by atoms with Crippen LogP contribution < -0.4 is 16.0 Å². The van der Waals surface area contributed by atoms with Gasteiger partial charge in [0.2, 0.25) is 29.5 Å². The molecular weight excluding hydrogens is 875 g/mol. The number of aliphatic hydroxyl groups excluding tert-OH is 1. The smallest absolute Gasteiger partial charge is 0.326 e. The monoisotopic (exact) mass is 956 g/mol. The molecule has 2 aliphatic heterocycles. The molecule has 382 valence electrons. The molecular formula is C50H81N7O11. The molecule has 9 atom stereocenters. The van der Waals surface area contributed by atoms with Gasteiger partial charge >= 0.3 is 12.0 Å². The zero-order valence-corrected chi connectivity index (χ0v) is 42.1. The molecule has 0 radical (unpaired) electrons. The Kier molecular flexibility index (Phi) is 23.9. The van der Waals surface area contributed by atoms with Crippen LogP contribution in [0.4, 0.5) is 4.79 Å². The highest BCUT2D eigenvalue weighted by Gasteiger charge is 2.43. The summed E-state index contributed by atoms with van der Waals surface area (Å²) in [6.45, 7) is 14.7. The maximum Gasteiger partial charge on any atom is 0.326 e. The second-order valence-electron chi connectivity index (χ2n) is 19.0. The topological polar surface area (TPSA) is 227 Å². The standard InChI is InChI=1S/C50H81N7O11/c1-11-34(6)45(39(67-9)31-43(61)56-28-18-22-38(56)46(68-10)35(7)47(62)52-37(49(64)65)30-36-20-14-12-15-21-36)54(8)48(63)44(32(2)3)53-50(66)55(33(4)5)29-19-26-51-40(58)23-16-13-17-27-57-41(59)24-25-42(57)60/h12,14-15,20-21,24-25,32-35,37-39,41,44-46,59H,11,13,16-19,22-23,26-31H2,1-10H3,(H,51,58)(H,52,62)(H,53,66)(H,64,65)/t34-,35+,37-,38-,39+,41?,44-,45-,46+/m0/s1. The van der Waals surface area contributed by atoms with Gasteiger partial charge in [-0.05, 0) is 69.4 Å². The van der Waals surface area contributed by atoms with Crippen molar-refractivity contribution >= 4 is 41.5 Å². The third-order valence-electron chi connectivity index (χ3n) is 13.5. The lowest BCUT2D eigenvalue weighted by molar-refractivity contribution is -0.147. The van der Waals surface area contributed by atoms with Crippen LogP contribution in [-0.4, -0.2) is 167 Å². The van der Waals surface area contributed by atoms with E-state index in [-0.39, 0.29) is 54.3 Å². The van der Waals surface area contributed by atoms with E-state index in [0.29, 0.717) is 71.1 Å². The molecule has 2 heterocycles. The van der Waals surface area contributed by atoms with Crippen LogP contribution in [-0.2, 0) is 44.7 Å². The van der Waals surface area contributed by atoms with E-state index < -0.39 is 66.4 Å². The number of rotatable bonds is 29. The second-order valence-corrected chi connectivity index (χ2v) is 19.0. The van der Waals surface area contributed by atoms with Crippen molar-refractivity contribution in [1.29, 1.82) is 0 Å². The quantitative estimate of drug-likeness (QED) is 0.0723. The molecule has 1 unspecified atom stereocenters. The van der Waals surface area contributed by atoms with Crippen molar-refractivity contribution in [2.24, 2.45) is 17.8 Å². The van der Waals surface area contributed by atoms with Crippen LogP contribution in [0.1, 0.15) is 112 Å². The van der Waals surface area contributed by atoms with Gasteiger partial charge in [0.1, 0.15) is 18.3 Å². The number of methoxy groups -OCH3 is 2. The minimum absolute atomic E-state index is 0.0605. The van der Waals surface area contributed by atoms with Crippen molar-refractivity contribution in [2.45, 2.75) is 161 Å². The maximum atomic E-state index is 14.5. The van der Waals surface area contributed by atoms with E-state index in [1.165, 1.54) is 31.3 Å². The predicted molar refractivity (Wildman–Crippen MR) is 258 cm³/mol. The molecule has 0 bridgehead atoms. The first-order valence-electron chi connectivity index (χ1n) is 24.5. The number of likely N-dealkylation sites (tertiary alicyclic amines) is 1. The highest BCUT2D eigenvalue weighted by Crippen LogP contribution is 2.30. The van der Waals surface area contributed by atoms with Gasteiger partial charge in [-0.25, -0.2) is 9.59 Å². The molecule has 5 N–H and O–H groups in total. The Bertz CT molecular complexity index is 1830. The molecule has 7 amide bonds. The van der Waals surface area contributed by atoms with E-state index in [4.69, 9.17) is 9.47 Å². The predicted octanol–water partition coefficient (Wildman–Crippen LogP) is 3.95. The Morgan fingerprint density at radius 2 is 1.62 bits per heavy atom. The number of aliphatic carboxylic acids is 1. The van der Waals surface area contributed by atoms with Crippen molar-refractivity contribution < 1.29 is 53.2 Å². The van der Waals surface area contributed by atoms with Gasteiger partial charge in [0.05, 0.1) is 36.6 Å². The van der Waals surface area contributed by atoms with E-state index in [2.05, 4.69) is 16.0 Å². The number of carboxylic acids is 1. The van der Waals surface area contributed by atoms with Gasteiger partial charge in [-0.2, -0.15) is 0 Å². The number of benzene rings is 1. The summed E-state index contributed by atoms with van der Waals surface area (Å²) in [7, 11) is 4.68. The molecule has 0 spiro atoms. The number of ether oxygens (including phenoxy) is 2. The van der Waals surface area contributed by atoms with Crippen molar-refractivity contribution in [3.8, 4) is 0 Å². The third-order valence-corrected chi connectivity index (χ3v) is 13.5. The lowest BCUT2D eigenvalue weighted by atomic mass is 9.89. The van der Waals surface area contributed by atoms with Crippen molar-refractivity contribution in [2.75, 3.05) is 47.4 Å². The molecule has 0 aliphatic carbocycles. The number of carbonyl (C=O) groups excluding carboxylic acids is 6. The van der Waals surface area contributed by atoms with Crippen LogP contribution in [0.15, 0.2) is 42.5 Å². The molecule has 0 saturated carbocycles. The van der Waals surface area contributed by atoms with Crippen LogP contribution in [0.5, 0.6) is 0 Å². The van der Waals surface area contributed by atoms with Crippen LogP contribution in [0.25, 0.3) is 0 Å². The number of likely N-dealkylation sites (N-methyl/N-ethyl adjacent to an activating group) is 1. The molecule has 18 heteroatoms. The normalized spacial score (nSPS) is 19.0. The Labute approximate surface area is 403 Å². The SMILES string of the molecule is CC[C@H](C)[C@@H]([C@@H](CC(=O)N1CCC[C@H]1[C@H](OC)[C@@H](C)C(=O)N[C@@H](Cc1ccccc1)C(=O)O)OC)N(C)C(=O)[C@@H](NC(=O)N(CCCNC(=O)CCCCCN1C(=O)C=CC1O)C(C)C)C(C)C. The molecule has 1 saturated heterocycles. The number of unbranched alkanes of at least 4 members (excludes halogenated alkanes) is 2. The van der Waals surface area contributed by atoms with Crippen molar-refractivity contribution in [3.05, 3.63) is 48.0 Å². The Morgan fingerprint density at radius 1 is 0.926 bits per heavy atom. The second kappa shape index (κ2) is 28.4. The van der Waals surface area contributed by atoms with Gasteiger partial charge in [-0.1, -0.05) is 77.8 Å². The van der Waals surface area contributed by atoms with E-state index >= 15 is 0 Å².